The highest BCUT2D eigenvalue weighted by molar-refractivity contribution is 5.72. The minimum absolute atomic E-state index is 0.744. The highest BCUT2D eigenvalue weighted by Crippen LogP contribution is 2.32. The number of methoxy groups -OCH3 is 3. The van der Waals surface area contributed by atoms with E-state index in [1.165, 1.54) is 0 Å². The van der Waals surface area contributed by atoms with Gasteiger partial charge in [-0.15, -0.1) is 0 Å². The van der Waals surface area contributed by atoms with Crippen LogP contribution in [0.1, 0.15) is 22.3 Å². The van der Waals surface area contributed by atoms with Gasteiger partial charge < -0.3 is 14.2 Å². The second-order valence-electron chi connectivity index (χ2n) is 5.14. The Morgan fingerprint density at radius 2 is 1.32 bits per heavy atom. The average Bonchev–Trinajstić information content (AvgIpc) is 2.52. The summed E-state index contributed by atoms with van der Waals surface area (Å²) >= 11 is 0. The average molecular weight is 298 g/mol. The van der Waals surface area contributed by atoms with Crippen LogP contribution in [0.4, 0.5) is 0 Å². The first kappa shape index (κ1) is 16.0. The molecule has 116 valence electrons. The third kappa shape index (κ3) is 3.42. The van der Waals surface area contributed by atoms with Gasteiger partial charge in [0.25, 0.3) is 0 Å². The van der Waals surface area contributed by atoms with Crippen molar-refractivity contribution >= 4 is 12.2 Å². The zero-order valence-electron chi connectivity index (χ0n) is 13.8. The number of rotatable bonds is 5. The van der Waals surface area contributed by atoms with Crippen LogP contribution < -0.4 is 14.2 Å². The van der Waals surface area contributed by atoms with E-state index in [0.29, 0.717) is 0 Å². The first-order valence-electron chi connectivity index (χ1n) is 7.14. The van der Waals surface area contributed by atoms with Crippen LogP contribution in [0.25, 0.3) is 12.2 Å². The van der Waals surface area contributed by atoms with Crippen molar-refractivity contribution in [2.45, 2.75) is 13.8 Å². The van der Waals surface area contributed by atoms with Crippen LogP contribution in [-0.4, -0.2) is 21.3 Å². The Balaban J connectivity index is 2.30. The number of ether oxygens (including phenoxy) is 3. The van der Waals surface area contributed by atoms with Gasteiger partial charge in [0.15, 0.2) is 11.5 Å². The van der Waals surface area contributed by atoms with Crippen molar-refractivity contribution in [3.8, 4) is 17.2 Å². The van der Waals surface area contributed by atoms with Crippen LogP contribution in [-0.2, 0) is 0 Å². The van der Waals surface area contributed by atoms with Gasteiger partial charge >= 0.3 is 0 Å². The molecular weight excluding hydrogens is 276 g/mol. The fraction of sp³-hybridized carbons (Fsp3) is 0.263. The van der Waals surface area contributed by atoms with Gasteiger partial charge in [-0.2, -0.15) is 0 Å². The molecule has 22 heavy (non-hydrogen) atoms. The summed E-state index contributed by atoms with van der Waals surface area (Å²) in [6.07, 6.45) is 4.14. The highest BCUT2D eigenvalue weighted by Gasteiger charge is 2.07. The van der Waals surface area contributed by atoms with Crippen molar-refractivity contribution in [2.24, 2.45) is 0 Å². The number of hydrogen-bond acceptors (Lipinski definition) is 3. The lowest BCUT2D eigenvalue weighted by Crippen LogP contribution is -1.93. The lowest BCUT2D eigenvalue weighted by Gasteiger charge is -2.11. The quantitative estimate of drug-likeness (QED) is 0.761. The maximum atomic E-state index is 5.38. The Bertz CT molecular complexity index is 687. The standard InChI is InChI=1S/C19H22O3/c1-13-10-15(8-9-17(13)20-3)6-7-16-11-14(2)19(22-5)18(12-16)21-4/h6-12H,1-5H3/b7-6-. The molecule has 0 unspecified atom stereocenters. The summed E-state index contributed by atoms with van der Waals surface area (Å²) in [5.74, 6) is 2.42. The molecule has 0 bridgehead atoms. The van der Waals surface area contributed by atoms with E-state index in [1.807, 2.05) is 32.0 Å². The zero-order valence-corrected chi connectivity index (χ0v) is 13.8. The van der Waals surface area contributed by atoms with Gasteiger partial charge in [-0.1, -0.05) is 18.2 Å². The summed E-state index contributed by atoms with van der Waals surface area (Å²) in [7, 11) is 4.99. The van der Waals surface area contributed by atoms with Crippen LogP contribution >= 0.6 is 0 Å². The molecule has 3 nitrogen and oxygen atoms in total. The lowest BCUT2D eigenvalue weighted by molar-refractivity contribution is 0.353. The minimum atomic E-state index is 0.744. The molecule has 0 amide bonds. The van der Waals surface area contributed by atoms with Gasteiger partial charge in [-0.05, 0) is 60.4 Å². The lowest BCUT2D eigenvalue weighted by atomic mass is 10.1. The van der Waals surface area contributed by atoms with Crippen LogP contribution in [0.15, 0.2) is 30.3 Å². The molecule has 0 atom stereocenters. The third-order valence-electron chi connectivity index (χ3n) is 3.57. The first-order chi connectivity index (χ1) is 10.6. The Labute approximate surface area is 132 Å². The largest absolute Gasteiger partial charge is 0.496 e. The first-order valence-corrected chi connectivity index (χ1v) is 7.14. The molecule has 2 aromatic carbocycles. The summed E-state index contributed by atoms with van der Waals surface area (Å²) < 4.78 is 16.0. The van der Waals surface area contributed by atoms with E-state index in [2.05, 4.69) is 24.3 Å². The second kappa shape index (κ2) is 7.03. The van der Waals surface area contributed by atoms with Crippen molar-refractivity contribution in [1.82, 2.24) is 0 Å². The fourth-order valence-corrected chi connectivity index (χ4v) is 2.48. The van der Waals surface area contributed by atoms with E-state index in [1.54, 1.807) is 21.3 Å². The molecule has 0 heterocycles. The molecule has 0 saturated carbocycles. The van der Waals surface area contributed by atoms with Crippen molar-refractivity contribution in [3.05, 3.63) is 52.6 Å². The van der Waals surface area contributed by atoms with E-state index >= 15 is 0 Å². The molecule has 0 aliphatic rings. The molecule has 0 N–H and O–H groups in total. The van der Waals surface area contributed by atoms with Crippen LogP contribution in [0, 0.1) is 13.8 Å². The van der Waals surface area contributed by atoms with E-state index in [4.69, 9.17) is 14.2 Å². The van der Waals surface area contributed by atoms with Crippen molar-refractivity contribution in [1.29, 1.82) is 0 Å². The summed E-state index contributed by atoms with van der Waals surface area (Å²) in [4.78, 5) is 0. The number of benzene rings is 2. The molecule has 0 aromatic heterocycles. The SMILES string of the molecule is COc1ccc(/C=C\c2cc(C)c(OC)c(OC)c2)cc1C. The molecule has 0 radical (unpaired) electrons. The number of hydrogen-bond donors (Lipinski definition) is 0. The third-order valence-corrected chi connectivity index (χ3v) is 3.57. The smallest absolute Gasteiger partial charge is 0.163 e. The molecule has 0 aliphatic heterocycles. The van der Waals surface area contributed by atoms with Crippen molar-refractivity contribution in [3.63, 3.8) is 0 Å². The molecule has 2 rings (SSSR count). The normalized spacial score (nSPS) is 10.8. The summed E-state index contributed by atoms with van der Waals surface area (Å²) in [5.41, 5.74) is 4.37. The van der Waals surface area contributed by atoms with Crippen LogP contribution in [0.3, 0.4) is 0 Å². The van der Waals surface area contributed by atoms with Crippen molar-refractivity contribution in [2.75, 3.05) is 21.3 Å². The molecule has 3 heteroatoms. The summed E-state index contributed by atoms with van der Waals surface area (Å²) in [5, 5.41) is 0. The molecule has 0 saturated heterocycles. The molecular formula is C19H22O3. The van der Waals surface area contributed by atoms with Gasteiger partial charge in [-0.25, -0.2) is 0 Å². The van der Waals surface area contributed by atoms with Gasteiger partial charge in [0.1, 0.15) is 5.75 Å². The van der Waals surface area contributed by atoms with Gasteiger partial charge in [0.2, 0.25) is 0 Å². The Morgan fingerprint density at radius 3 is 1.91 bits per heavy atom. The highest BCUT2D eigenvalue weighted by atomic mass is 16.5. The predicted molar refractivity (Wildman–Crippen MR) is 90.9 cm³/mol. The maximum Gasteiger partial charge on any atom is 0.163 e. The molecule has 0 fully saturated rings. The Hall–Kier alpha value is -2.42. The Kier molecular flexibility index (Phi) is 5.10. The second-order valence-corrected chi connectivity index (χ2v) is 5.14. The van der Waals surface area contributed by atoms with Crippen LogP contribution in [0.5, 0.6) is 17.2 Å². The molecule has 2 aromatic rings. The monoisotopic (exact) mass is 298 g/mol. The van der Waals surface area contributed by atoms with Gasteiger partial charge in [0, 0.05) is 0 Å². The van der Waals surface area contributed by atoms with Gasteiger partial charge in [-0.3, -0.25) is 0 Å². The maximum absolute atomic E-state index is 5.38. The summed E-state index contributed by atoms with van der Waals surface area (Å²) in [6.45, 7) is 4.05. The van der Waals surface area contributed by atoms with Crippen molar-refractivity contribution < 1.29 is 14.2 Å². The fourth-order valence-electron chi connectivity index (χ4n) is 2.48. The van der Waals surface area contributed by atoms with Gasteiger partial charge in [0.05, 0.1) is 21.3 Å². The summed E-state index contributed by atoms with van der Waals surface area (Å²) in [6, 6.07) is 10.2. The molecule has 0 aliphatic carbocycles. The minimum Gasteiger partial charge on any atom is -0.496 e. The Morgan fingerprint density at radius 1 is 0.682 bits per heavy atom. The topological polar surface area (TPSA) is 27.7 Å². The van der Waals surface area contributed by atoms with E-state index in [-0.39, 0.29) is 0 Å². The van der Waals surface area contributed by atoms with E-state index in [9.17, 15) is 0 Å². The van der Waals surface area contributed by atoms with E-state index < -0.39 is 0 Å². The van der Waals surface area contributed by atoms with E-state index in [0.717, 1.165) is 39.5 Å². The number of aryl methyl sites for hydroxylation is 2. The van der Waals surface area contributed by atoms with Crippen LogP contribution in [0.2, 0.25) is 0 Å². The molecule has 0 spiro atoms. The zero-order chi connectivity index (χ0) is 16.1. The predicted octanol–water partition coefficient (Wildman–Crippen LogP) is 4.50.